The van der Waals surface area contributed by atoms with E-state index >= 15 is 0 Å². The van der Waals surface area contributed by atoms with Crippen LogP contribution in [-0.4, -0.2) is 46.9 Å². The highest BCUT2D eigenvalue weighted by Crippen LogP contribution is 2.24. The van der Waals surface area contributed by atoms with Crippen LogP contribution in [-0.2, 0) is 4.79 Å². The number of non-ortho nitro benzene ring substituents is 1. The number of nitro groups is 1. The predicted molar refractivity (Wildman–Crippen MR) is 101 cm³/mol. The Morgan fingerprint density at radius 1 is 1.12 bits per heavy atom. The highest BCUT2D eigenvalue weighted by Gasteiger charge is 2.28. The number of aromatic nitrogens is 1. The van der Waals surface area contributed by atoms with Crippen molar-refractivity contribution >= 4 is 28.3 Å². The monoisotopic (exact) mass is 356 g/mol. The number of carbonyl (C=O) groups excluding carboxylic acids is 1. The van der Waals surface area contributed by atoms with Crippen LogP contribution in [0.4, 0.5) is 11.5 Å². The standard InChI is InChI=1S/C19H24N4O3/c1-19(2,3)18(24)22-10-4-9-21(11-12-22)17-8-5-14-13-15(23(25)26)6-7-16(14)20-17/h5-8,13H,4,9-12H2,1-3H3. The molecule has 0 spiro atoms. The fourth-order valence-corrected chi connectivity index (χ4v) is 3.22. The zero-order valence-electron chi connectivity index (χ0n) is 15.4. The molecule has 1 aromatic carbocycles. The second-order valence-corrected chi connectivity index (χ2v) is 7.69. The molecule has 1 aliphatic rings. The van der Waals surface area contributed by atoms with Crippen molar-refractivity contribution in [3.05, 3.63) is 40.4 Å². The van der Waals surface area contributed by atoms with Gasteiger partial charge in [-0.25, -0.2) is 4.98 Å². The number of hydrogen-bond donors (Lipinski definition) is 0. The average molecular weight is 356 g/mol. The first-order valence-corrected chi connectivity index (χ1v) is 8.85. The van der Waals surface area contributed by atoms with Gasteiger partial charge in [-0.05, 0) is 24.6 Å². The molecule has 7 heteroatoms. The molecule has 0 N–H and O–H groups in total. The molecule has 7 nitrogen and oxygen atoms in total. The van der Waals surface area contributed by atoms with Crippen molar-refractivity contribution in [1.29, 1.82) is 0 Å². The van der Waals surface area contributed by atoms with Crippen molar-refractivity contribution < 1.29 is 9.72 Å². The maximum absolute atomic E-state index is 12.5. The molecule has 2 heterocycles. The third-order valence-corrected chi connectivity index (χ3v) is 4.62. The number of carbonyl (C=O) groups is 1. The zero-order valence-corrected chi connectivity index (χ0v) is 15.4. The van der Waals surface area contributed by atoms with Gasteiger partial charge in [0.25, 0.3) is 5.69 Å². The molecule has 0 bridgehead atoms. The summed E-state index contributed by atoms with van der Waals surface area (Å²) in [4.78, 5) is 31.8. The van der Waals surface area contributed by atoms with Crippen LogP contribution in [0, 0.1) is 15.5 Å². The molecule has 2 aromatic rings. The van der Waals surface area contributed by atoms with Gasteiger partial charge in [0, 0.05) is 49.1 Å². The van der Waals surface area contributed by atoms with E-state index < -0.39 is 4.92 Å². The molecule has 0 aliphatic carbocycles. The number of hydrogen-bond acceptors (Lipinski definition) is 5. The van der Waals surface area contributed by atoms with Crippen LogP contribution < -0.4 is 4.90 Å². The normalized spacial score (nSPS) is 15.8. The lowest BCUT2D eigenvalue weighted by Gasteiger charge is -2.28. The van der Waals surface area contributed by atoms with Crippen LogP contribution in [0.1, 0.15) is 27.2 Å². The van der Waals surface area contributed by atoms with Gasteiger partial charge in [-0.3, -0.25) is 14.9 Å². The van der Waals surface area contributed by atoms with E-state index in [0.29, 0.717) is 6.54 Å². The molecule has 26 heavy (non-hydrogen) atoms. The quantitative estimate of drug-likeness (QED) is 0.610. The number of pyridine rings is 1. The van der Waals surface area contributed by atoms with Crippen LogP contribution in [0.5, 0.6) is 0 Å². The minimum Gasteiger partial charge on any atom is -0.355 e. The van der Waals surface area contributed by atoms with Crippen molar-refractivity contribution in [2.75, 3.05) is 31.1 Å². The second kappa shape index (κ2) is 6.90. The third kappa shape index (κ3) is 3.76. The van der Waals surface area contributed by atoms with E-state index in [1.54, 1.807) is 6.07 Å². The summed E-state index contributed by atoms with van der Waals surface area (Å²) in [5, 5.41) is 11.7. The lowest BCUT2D eigenvalue weighted by atomic mass is 9.94. The van der Waals surface area contributed by atoms with Gasteiger partial charge in [0.2, 0.25) is 5.91 Å². The zero-order chi connectivity index (χ0) is 18.9. The van der Waals surface area contributed by atoms with Crippen molar-refractivity contribution in [3.63, 3.8) is 0 Å². The number of fused-ring (bicyclic) bond motifs is 1. The third-order valence-electron chi connectivity index (χ3n) is 4.62. The van der Waals surface area contributed by atoms with Crippen LogP contribution in [0.15, 0.2) is 30.3 Å². The highest BCUT2D eigenvalue weighted by atomic mass is 16.6. The Bertz CT molecular complexity index is 844. The van der Waals surface area contributed by atoms with E-state index in [0.717, 1.165) is 42.8 Å². The van der Waals surface area contributed by atoms with Crippen LogP contribution in [0.25, 0.3) is 10.9 Å². The van der Waals surface area contributed by atoms with E-state index in [9.17, 15) is 14.9 Å². The van der Waals surface area contributed by atoms with Gasteiger partial charge in [-0.15, -0.1) is 0 Å². The highest BCUT2D eigenvalue weighted by molar-refractivity contribution is 5.83. The Morgan fingerprint density at radius 3 is 2.58 bits per heavy atom. The Morgan fingerprint density at radius 2 is 1.88 bits per heavy atom. The van der Waals surface area contributed by atoms with E-state index in [-0.39, 0.29) is 17.0 Å². The molecule has 138 valence electrons. The smallest absolute Gasteiger partial charge is 0.270 e. The van der Waals surface area contributed by atoms with Gasteiger partial charge in [0.15, 0.2) is 0 Å². The first kappa shape index (κ1) is 18.1. The minimum absolute atomic E-state index is 0.0677. The largest absolute Gasteiger partial charge is 0.355 e. The first-order valence-electron chi connectivity index (χ1n) is 8.85. The Balaban J connectivity index is 1.78. The van der Waals surface area contributed by atoms with E-state index in [1.165, 1.54) is 12.1 Å². The summed E-state index contributed by atoms with van der Waals surface area (Å²) >= 11 is 0. The maximum atomic E-state index is 12.5. The number of rotatable bonds is 2. The van der Waals surface area contributed by atoms with Gasteiger partial charge in [-0.1, -0.05) is 20.8 Å². The van der Waals surface area contributed by atoms with Crippen LogP contribution >= 0.6 is 0 Å². The molecular formula is C19H24N4O3. The van der Waals surface area contributed by atoms with Gasteiger partial charge < -0.3 is 9.80 Å². The summed E-state index contributed by atoms with van der Waals surface area (Å²) in [6.45, 7) is 8.83. The predicted octanol–water partition coefficient (Wildman–Crippen LogP) is 3.23. The molecular weight excluding hydrogens is 332 g/mol. The molecule has 0 radical (unpaired) electrons. The summed E-state index contributed by atoms with van der Waals surface area (Å²) < 4.78 is 0. The Labute approximate surface area is 152 Å². The van der Waals surface area contributed by atoms with Crippen LogP contribution in [0.2, 0.25) is 0 Å². The van der Waals surface area contributed by atoms with Crippen molar-refractivity contribution in [1.82, 2.24) is 9.88 Å². The summed E-state index contributed by atoms with van der Waals surface area (Å²) in [6, 6.07) is 8.47. The topological polar surface area (TPSA) is 79.6 Å². The van der Waals surface area contributed by atoms with Gasteiger partial charge >= 0.3 is 0 Å². The van der Waals surface area contributed by atoms with Crippen molar-refractivity contribution in [3.8, 4) is 0 Å². The van der Waals surface area contributed by atoms with Gasteiger partial charge in [-0.2, -0.15) is 0 Å². The van der Waals surface area contributed by atoms with Crippen molar-refractivity contribution in [2.45, 2.75) is 27.2 Å². The minimum atomic E-state index is -0.400. The Kier molecular flexibility index (Phi) is 4.80. The molecule has 1 amide bonds. The lowest BCUT2D eigenvalue weighted by Crippen LogP contribution is -2.41. The molecule has 1 saturated heterocycles. The second-order valence-electron chi connectivity index (χ2n) is 7.69. The Hall–Kier alpha value is -2.70. The molecule has 3 rings (SSSR count). The maximum Gasteiger partial charge on any atom is 0.270 e. The lowest BCUT2D eigenvalue weighted by molar-refractivity contribution is -0.384. The van der Waals surface area contributed by atoms with E-state index in [1.807, 2.05) is 37.8 Å². The summed E-state index contributed by atoms with van der Waals surface area (Å²) in [6.07, 6.45) is 0.891. The van der Waals surface area contributed by atoms with E-state index in [2.05, 4.69) is 9.88 Å². The van der Waals surface area contributed by atoms with Crippen molar-refractivity contribution in [2.24, 2.45) is 5.41 Å². The number of amides is 1. The fourth-order valence-electron chi connectivity index (χ4n) is 3.22. The number of anilines is 1. The van der Waals surface area contributed by atoms with Crippen LogP contribution in [0.3, 0.4) is 0 Å². The first-order chi connectivity index (χ1) is 12.3. The number of benzene rings is 1. The molecule has 1 fully saturated rings. The molecule has 1 aromatic heterocycles. The molecule has 0 atom stereocenters. The number of nitrogens with zero attached hydrogens (tertiary/aromatic N) is 4. The summed E-state index contributed by atoms with van der Waals surface area (Å²) in [5.41, 5.74) is 0.434. The molecule has 0 saturated carbocycles. The molecule has 0 unspecified atom stereocenters. The van der Waals surface area contributed by atoms with Gasteiger partial charge in [0.1, 0.15) is 5.82 Å². The summed E-state index contributed by atoms with van der Waals surface area (Å²) in [5.74, 6) is 1.02. The van der Waals surface area contributed by atoms with Gasteiger partial charge in [0.05, 0.1) is 10.4 Å². The molecule has 1 aliphatic heterocycles. The average Bonchev–Trinajstić information content (AvgIpc) is 2.85. The fraction of sp³-hybridized carbons (Fsp3) is 0.474. The SMILES string of the molecule is CC(C)(C)C(=O)N1CCCN(c2ccc3cc([N+](=O)[O-])ccc3n2)CC1. The summed E-state index contributed by atoms with van der Waals surface area (Å²) in [7, 11) is 0. The van der Waals surface area contributed by atoms with E-state index in [4.69, 9.17) is 0 Å². The number of nitro benzene ring substituents is 1.